The molecule has 8 heteroatoms. The van der Waals surface area contributed by atoms with E-state index in [0.29, 0.717) is 33.5 Å². The van der Waals surface area contributed by atoms with E-state index >= 15 is 0 Å². The van der Waals surface area contributed by atoms with Gasteiger partial charge in [-0.15, -0.1) is 12.6 Å². The number of benzene rings is 2. The topological polar surface area (TPSA) is 83.2 Å². The molecule has 1 aliphatic rings. The van der Waals surface area contributed by atoms with E-state index in [4.69, 9.17) is 10.1 Å². The van der Waals surface area contributed by atoms with Crippen LogP contribution in [0.4, 0.5) is 5.69 Å². The SMILES string of the molecule is COc1ccc(-n2nc(C)cc2C(=O)Nc2ccc(C(=N)N3CCCC3)cc2)c(S)c1. The van der Waals surface area contributed by atoms with E-state index in [1.54, 1.807) is 23.9 Å². The Kier molecular flexibility index (Phi) is 5.99. The van der Waals surface area contributed by atoms with E-state index in [2.05, 4.69) is 27.9 Å². The van der Waals surface area contributed by atoms with Crippen LogP contribution in [0.3, 0.4) is 0 Å². The van der Waals surface area contributed by atoms with Crippen LogP contribution >= 0.6 is 12.6 Å². The van der Waals surface area contributed by atoms with Crippen molar-refractivity contribution in [3.05, 3.63) is 65.5 Å². The van der Waals surface area contributed by atoms with Crippen LogP contribution in [0.2, 0.25) is 0 Å². The Hall–Kier alpha value is -3.26. The highest BCUT2D eigenvalue weighted by molar-refractivity contribution is 7.80. The van der Waals surface area contributed by atoms with Crippen LogP contribution < -0.4 is 10.1 Å². The number of rotatable bonds is 5. The lowest BCUT2D eigenvalue weighted by Gasteiger charge is -2.18. The molecule has 4 rings (SSSR count). The number of nitrogens with zero attached hydrogens (tertiary/aromatic N) is 3. The lowest BCUT2D eigenvalue weighted by Crippen LogP contribution is -2.27. The summed E-state index contributed by atoms with van der Waals surface area (Å²) in [5.41, 5.74) is 3.33. The van der Waals surface area contributed by atoms with Gasteiger partial charge in [0.25, 0.3) is 5.91 Å². The van der Waals surface area contributed by atoms with Gasteiger partial charge in [0.1, 0.15) is 17.3 Å². The number of aryl methyl sites for hydroxylation is 1. The van der Waals surface area contributed by atoms with E-state index in [0.717, 1.165) is 37.2 Å². The van der Waals surface area contributed by atoms with Crippen LogP contribution in [0.15, 0.2) is 53.4 Å². The molecule has 3 aromatic rings. The predicted molar refractivity (Wildman–Crippen MR) is 124 cm³/mol. The number of thiol groups is 1. The molecule has 1 aliphatic heterocycles. The number of nitrogens with one attached hydrogen (secondary N) is 2. The van der Waals surface area contributed by atoms with Gasteiger partial charge in [0.2, 0.25) is 0 Å². The Morgan fingerprint density at radius 1 is 1.13 bits per heavy atom. The number of amides is 1. The van der Waals surface area contributed by atoms with Gasteiger partial charge in [-0.05, 0) is 68.3 Å². The zero-order valence-corrected chi connectivity index (χ0v) is 18.4. The smallest absolute Gasteiger partial charge is 0.274 e. The molecule has 0 bridgehead atoms. The molecule has 1 aromatic heterocycles. The van der Waals surface area contributed by atoms with Crippen molar-refractivity contribution in [2.45, 2.75) is 24.7 Å². The van der Waals surface area contributed by atoms with Crippen molar-refractivity contribution in [2.24, 2.45) is 0 Å². The summed E-state index contributed by atoms with van der Waals surface area (Å²) in [7, 11) is 1.59. The normalized spacial score (nSPS) is 13.3. The summed E-state index contributed by atoms with van der Waals surface area (Å²) in [4.78, 5) is 15.7. The van der Waals surface area contributed by atoms with Gasteiger partial charge >= 0.3 is 0 Å². The summed E-state index contributed by atoms with van der Waals surface area (Å²) >= 11 is 4.53. The van der Waals surface area contributed by atoms with Crippen molar-refractivity contribution in [1.82, 2.24) is 14.7 Å². The highest BCUT2D eigenvalue weighted by atomic mass is 32.1. The van der Waals surface area contributed by atoms with Crippen molar-refractivity contribution in [2.75, 3.05) is 25.5 Å². The zero-order chi connectivity index (χ0) is 22.0. The first kappa shape index (κ1) is 21.0. The van der Waals surface area contributed by atoms with Gasteiger partial charge in [-0.3, -0.25) is 10.2 Å². The number of amidine groups is 1. The minimum atomic E-state index is -0.272. The quantitative estimate of drug-likeness (QED) is 0.319. The molecule has 31 heavy (non-hydrogen) atoms. The molecule has 1 amide bonds. The molecule has 0 spiro atoms. The lowest BCUT2D eigenvalue weighted by atomic mass is 10.1. The van der Waals surface area contributed by atoms with Gasteiger partial charge in [-0.2, -0.15) is 5.10 Å². The first-order valence-electron chi connectivity index (χ1n) is 10.2. The first-order chi connectivity index (χ1) is 15.0. The molecule has 0 aliphatic carbocycles. The average molecular weight is 436 g/mol. The molecule has 0 atom stereocenters. The molecule has 160 valence electrons. The number of carbonyl (C=O) groups is 1. The Bertz CT molecular complexity index is 1120. The second kappa shape index (κ2) is 8.85. The van der Waals surface area contributed by atoms with Crippen molar-refractivity contribution in [3.63, 3.8) is 0 Å². The number of hydrogen-bond donors (Lipinski definition) is 3. The van der Waals surface area contributed by atoms with Gasteiger partial charge in [-0.25, -0.2) is 4.68 Å². The van der Waals surface area contributed by atoms with Crippen molar-refractivity contribution in [1.29, 1.82) is 5.41 Å². The van der Waals surface area contributed by atoms with Crippen molar-refractivity contribution < 1.29 is 9.53 Å². The summed E-state index contributed by atoms with van der Waals surface area (Å²) in [6, 6.07) is 14.5. The fourth-order valence-corrected chi connectivity index (χ4v) is 3.98. The molecule has 1 fully saturated rings. The Morgan fingerprint density at radius 2 is 1.84 bits per heavy atom. The predicted octanol–water partition coefficient (Wildman–Crippen LogP) is 4.15. The van der Waals surface area contributed by atoms with Crippen molar-refractivity contribution >= 4 is 30.1 Å². The van der Waals surface area contributed by atoms with E-state index in [1.165, 1.54) is 0 Å². The number of aromatic nitrogens is 2. The van der Waals surface area contributed by atoms with Gasteiger partial charge in [0.15, 0.2) is 0 Å². The first-order valence-corrected chi connectivity index (χ1v) is 10.6. The minimum absolute atomic E-state index is 0.272. The lowest BCUT2D eigenvalue weighted by molar-refractivity contribution is 0.101. The fourth-order valence-electron chi connectivity index (χ4n) is 3.68. The van der Waals surface area contributed by atoms with E-state index in [9.17, 15) is 4.79 Å². The van der Waals surface area contributed by atoms with Gasteiger partial charge in [-0.1, -0.05) is 0 Å². The third-order valence-corrected chi connectivity index (χ3v) is 5.67. The Balaban J connectivity index is 1.54. The summed E-state index contributed by atoms with van der Waals surface area (Å²) in [6.07, 6.45) is 2.26. The van der Waals surface area contributed by atoms with E-state index < -0.39 is 0 Å². The average Bonchev–Trinajstić information content (AvgIpc) is 3.43. The maximum Gasteiger partial charge on any atom is 0.274 e. The molecule has 2 aromatic carbocycles. The minimum Gasteiger partial charge on any atom is -0.497 e. The maximum absolute atomic E-state index is 13.0. The van der Waals surface area contributed by atoms with Crippen LogP contribution in [-0.4, -0.2) is 46.6 Å². The zero-order valence-electron chi connectivity index (χ0n) is 17.6. The van der Waals surface area contributed by atoms with Crippen molar-refractivity contribution in [3.8, 4) is 11.4 Å². The highest BCUT2D eigenvalue weighted by Crippen LogP contribution is 2.26. The Labute approximate surface area is 186 Å². The van der Waals surface area contributed by atoms with E-state index in [1.807, 2.05) is 43.3 Å². The molecule has 0 saturated carbocycles. The number of hydrogen-bond acceptors (Lipinski definition) is 5. The number of likely N-dealkylation sites (tertiary alicyclic amines) is 1. The molecular formula is C23H25N5O2S. The summed E-state index contributed by atoms with van der Waals surface area (Å²) in [6.45, 7) is 3.70. The van der Waals surface area contributed by atoms with Gasteiger partial charge < -0.3 is 15.0 Å². The fraction of sp³-hybridized carbons (Fsp3) is 0.261. The molecule has 2 N–H and O–H groups in total. The molecule has 0 radical (unpaired) electrons. The van der Waals surface area contributed by atoms with E-state index in [-0.39, 0.29) is 5.91 Å². The van der Waals surface area contributed by atoms with Crippen LogP contribution in [-0.2, 0) is 0 Å². The van der Waals surface area contributed by atoms with Gasteiger partial charge in [0, 0.05) is 29.2 Å². The second-order valence-corrected chi connectivity index (χ2v) is 7.99. The number of ether oxygens (including phenoxy) is 1. The summed E-state index contributed by atoms with van der Waals surface area (Å²) < 4.78 is 6.82. The Morgan fingerprint density at radius 3 is 2.48 bits per heavy atom. The van der Waals surface area contributed by atoms with Crippen LogP contribution in [0.25, 0.3) is 5.69 Å². The number of carbonyl (C=O) groups excluding carboxylic acids is 1. The molecule has 2 heterocycles. The van der Waals surface area contributed by atoms with Gasteiger partial charge in [0.05, 0.1) is 18.5 Å². The highest BCUT2D eigenvalue weighted by Gasteiger charge is 2.19. The van der Waals surface area contributed by atoms with Crippen LogP contribution in [0.5, 0.6) is 5.75 Å². The second-order valence-electron chi connectivity index (χ2n) is 7.51. The largest absolute Gasteiger partial charge is 0.497 e. The maximum atomic E-state index is 13.0. The van der Waals surface area contributed by atoms with Crippen LogP contribution in [0.1, 0.15) is 34.6 Å². The molecular weight excluding hydrogens is 410 g/mol. The van der Waals surface area contributed by atoms with Crippen LogP contribution in [0, 0.1) is 12.3 Å². The molecule has 0 unspecified atom stereocenters. The molecule has 1 saturated heterocycles. The summed E-state index contributed by atoms with van der Waals surface area (Å²) in [5, 5.41) is 15.8. The third kappa shape index (κ3) is 4.44. The molecule has 7 nitrogen and oxygen atoms in total. The number of methoxy groups -OCH3 is 1. The monoisotopic (exact) mass is 435 g/mol. The summed E-state index contributed by atoms with van der Waals surface area (Å²) in [5.74, 6) is 0.944. The standard InChI is InChI=1S/C23H25N5O2S/c1-15-13-20(28(26-15)19-10-9-18(30-2)14-21(19)31)23(29)25-17-7-5-16(6-8-17)22(24)27-11-3-4-12-27/h5-10,13-14,24,31H,3-4,11-12H2,1-2H3,(H,25,29). The third-order valence-electron chi connectivity index (χ3n) is 5.31. The number of anilines is 1.